The lowest BCUT2D eigenvalue weighted by Gasteiger charge is -2.21. The maximum Gasteiger partial charge on any atom is 0.0751 e. The second-order valence-electron chi connectivity index (χ2n) is 4.56. The van der Waals surface area contributed by atoms with Crippen molar-refractivity contribution in [1.82, 2.24) is 15.1 Å². The predicted molar refractivity (Wildman–Crippen MR) is 79.6 cm³/mol. The number of hydrogen-bond donors (Lipinski definition) is 1. The van der Waals surface area contributed by atoms with Gasteiger partial charge in [-0.1, -0.05) is 24.6 Å². The Kier molecular flexibility index (Phi) is 4.61. The molecule has 3 nitrogen and oxygen atoms in total. The summed E-state index contributed by atoms with van der Waals surface area (Å²) in [4.78, 5) is 0. The van der Waals surface area contributed by atoms with Gasteiger partial charge in [-0.25, -0.2) is 0 Å². The van der Waals surface area contributed by atoms with Crippen molar-refractivity contribution in [3.05, 3.63) is 52.3 Å². The standard InChI is InChI=1S/C15H20ClN3/c1-4-17-15(14-8-9-18-19(14)5-2)13-10-12(16)7-6-11(13)3/h6-10,15,17H,4-5H2,1-3H3. The quantitative estimate of drug-likeness (QED) is 0.906. The summed E-state index contributed by atoms with van der Waals surface area (Å²) >= 11 is 6.15. The Labute approximate surface area is 119 Å². The normalized spacial score (nSPS) is 12.6. The number of benzene rings is 1. The third kappa shape index (κ3) is 2.99. The molecule has 19 heavy (non-hydrogen) atoms. The molecule has 1 N–H and O–H groups in total. The molecule has 0 aliphatic heterocycles. The molecule has 0 amide bonds. The van der Waals surface area contributed by atoms with E-state index in [9.17, 15) is 0 Å². The summed E-state index contributed by atoms with van der Waals surface area (Å²) in [7, 11) is 0. The van der Waals surface area contributed by atoms with E-state index in [2.05, 4.69) is 43.3 Å². The fraction of sp³-hybridized carbons (Fsp3) is 0.400. The first-order chi connectivity index (χ1) is 9.17. The predicted octanol–water partition coefficient (Wildman–Crippen LogP) is 3.56. The number of aromatic nitrogens is 2. The molecule has 0 saturated carbocycles. The van der Waals surface area contributed by atoms with Crippen LogP contribution in [0.1, 0.15) is 36.7 Å². The topological polar surface area (TPSA) is 29.9 Å². The highest BCUT2D eigenvalue weighted by molar-refractivity contribution is 6.30. The molecule has 1 aromatic carbocycles. The number of nitrogens with one attached hydrogen (secondary N) is 1. The third-order valence-electron chi connectivity index (χ3n) is 3.31. The number of halogens is 1. The lowest BCUT2D eigenvalue weighted by molar-refractivity contribution is 0.541. The van der Waals surface area contributed by atoms with Crippen LogP contribution in [0.5, 0.6) is 0 Å². The van der Waals surface area contributed by atoms with Crippen LogP contribution in [0.2, 0.25) is 5.02 Å². The van der Waals surface area contributed by atoms with Crippen molar-refractivity contribution < 1.29 is 0 Å². The van der Waals surface area contributed by atoms with Gasteiger partial charge >= 0.3 is 0 Å². The molecule has 0 saturated heterocycles. The Morgan fingerprint density at radius 3 is 2.79 bits per heavy atom. The average Bonchev–Trinajstić information content (AvgIpc) is 2.87. The SMILES string of the molecule is CCNC(c1cc(Cl)ccc1C)c1ccnn1CC. The average molecular weight is 278 g/mol. The van der Waals surface area contributed by atoms with Crippen LogP contribution in [-0.4, -0.2) is 16.3 Å². The van der Waals surface area contributed by atoms with Gasteiger partial charge in [-0.2, -0.15) is 5.10 Å². The molecule has 1 aromatic heterocycles. The first kappa shape index (κ1) is 14.1. The van der Waals surface area contributed by atoms with Crippen molar-refractivity contribution >= 4 is 11.6 Å². The largest absolute Gasteiger partial charge is 0.305 e. The Hall–Kier alpha value is -1.32. The fourth-order valence-electron chi connectivity index (χ4n) is 2.35. The van der Waals surface area contributed by atoms with Gasteiger partial charge in [0.25, 0.3) is 0 Å². The highest BCUT2D eigenvalue weighted by Gasteiger charge is 2.19. The summed E-state index contributed by atoms with van der Waals surface area (Å²) in [6, 6.07) is 8.23. The van der Waals surface area contributed by atoms with Crippen molar-refractivity contribution in [3.63, 3.8) is 0 Å². The van der Waals surface area contributed by atoms with E-state index in [0.717, 1.165) is 18.1 Å². The molecular weight excluding hydrogens is 258 g/mol. The molecule has 0 aliphatic rings. The van der Waals surface area contributed by atoms with E-state index >= 15 is 0 Å². The Morgan fingerprint density at radius 2 is 2.11 bits per heavy atom. The van der Waals surface area contributed by atoms with Gasteiger partial charge < -0.3 is 5.32 Å². The first-order valence-corrected chi connectivity index (χ1v) is 7.06. The number of hydrogen-bond acceptors (Lipinski definition) is 2. The smallest absolute Gasteiger partial charge is 0.0751 e. The molecule has 1 unspecified atom stereocenters. The molecule has 0 bridgehead atoms. The van der Waals surface area contributed by atoms with Crippen molar-refractivity contribution in [3.8, 4) is 0 Å². The summed E-state index contributed by atoms with van der Waals surface area (Å²) in [6.45, 7) is 8.09. The van der Waals surface area contributed by atoms with Gasteiger partial charge in [-0.05, 0) is 49.7 Å². The summed E-state index contributed by atoms with van der Waals surface area (Å²) in [5, 5.41) is 8.65. The van der Waals surface area contributed by atoms with Crippen LogP contribution < -0.4 is 5.32 Å². The lowest BCUT2D eigenvalue weighted by Crippen LogP contribution is -2.25. The minimum atomic E-state index is 0.131. The van der Waals surface area contributed by atoms with E-state index in [-0.39, 0.29) is 6.04 Å². The van der Waals surface area contributed by atoms with Crippen molar-refractivity contribution in [2.45, 2.75) is 33.4 Å². The molecule has 1 atom stereocenters. The number of rotatable bonds is 5. The lowest BCUT2D eigenvalue weighted by atomic mass is 9.98. The molecule has 102 valence electrons. The van der Waals surface area contributed by atoms with Crippen LogP contribution in [-0.2, 0) is 6.54 Å². The summed E-state index contributed by atoms with van der Waals surface area (Å²) < 4.78 is 2.02. The van der Waals surface area contributed by atoms with Gasteiger partial charge in [0.05, 0.1) is 11.7 Å². The summed E-state index contributed by atoms with van der Waals surface area (Å²) in [5.74, 6) is 0. The highest BCUT2D eigenvalue weighted by Crippen LogP contribution is 2.27. The Balaban J connectivity index is 2.48. The van der Waals surface area contributed by atoms with Crippen LogP contribution in [0.25, 0.3) is 0 Å². The van der Waals surface area contributed by atoms with Crippen LogP contribution >= 0.6 is 11.6 Å². The van der Waals surface area contributed by atoms with Crippen molar-refractivity contribution in [1.29, 1.82) is 0 Å². The number of nitrogens with zero attached hydrogens (tertiary/aromatic N) is 2. The van der Waals surface area contributed by atoms with E-state index in [1.807, 2.05) is 23.0 Å². The van der Waals surface area contributed by atoms with Crippen molar-refractivity contribution in [2.24, 2.45) is 0 Å². The van der Waals surface area contributed by atoms with Gasteiger partial charge in [0.1, 0.15) is 0 Å². The van der Waals surface area contributed by atoms with Crippen LogP contribution in [0.15, 0.2) is 30.5 Å². The van der Waals surface area contributed by atoms with E-state index < -0.39 is 0 Å². The molecule has 1 heterocycles. The number of aryl methyl sites for hydroxylation is 2. The zero-order valence-electron chi connectivity index (χ0n) is 11.7. The fourth-order valence-corrected chi connectivity index (χ4v) is 2.53. The van der Waals surface area contributed by atoms with E-state index in [4.69, 9.17) is 11.6 Å². The molecule has 0 fully saturated rings. The zero-order valence-corrected chi connectivity index (χ0v) is 12.4. The molecule has 2 rings (SSSR count). The van der Waals surface area contributed by atoms with E-state index in [0.29, 0.717) is 0 Å². The van der Waals surface area contributed by atoms with Crippen molar-refractivity contribution in [2.75, 3.05) is 6.54 Å². The zero-order chi connectivity index (χ0) is 13.8. The maximum atomic E-state index is 6.15. The Bertz CT molecular complexity index is 548. The minimum absolute atomic E-state index is 0.131. The van der Waals surface area contributed by atoms with Crippen LogP contribution in [0.4, 0.5) is 0 Å². The summed E-state index contributed by atoms with van der Waals surface area (Å²) in [5.41, 5.74) is 3.62. The van der Waals surface area contributed by atoms with E-state index in [1.54, 1.807) is 0 Å². The molecule has 0 spiro atoms. The highest BCUT2D eigenvalue weighted by atomic mass is 35.5. The second-order valence-corrected chi connectivity index (χ2v) is 5.00. The van der Waals surface area contributed by atoms with Crippen LogP contribution in [0.3, 0.4) is 0 Å². The van der Waals surface area contributed by atoms with Crippen LogP contribution in [0, 0.1) is 6.92 Å². The van der Waals surface area contributed by atoms with Gasteiger partial charge in [-0.3, -0.25) is 4.68 Å². The third-order valence-corrected chi connectivity index (χ3v) is 3.54. The first-order valence-electron chi connectivity index (χ1n) is 6.68. The van der Waals surface area contributed by atoms with Gasteiger partial charge in [0, 0.05) is 17.8 Å². The maximum absolute atomic E-state index is 6.15. The van der Waals surface area contributed by atoms with E-state index in [1.165, 1.54) is 16.8 Å². The molecule has 4 heteroatoms. The summed E-state index contributed by atoms with van der Waals surface area (Å²) in [6.07, 6.45) is 1.85. The second kappa shape index (κ2) is 6.22. The molecule has 0 radical (unpaired) electrons. The molecule has 0 aliphatic carbocycles. The minimum Gasteiger partial charge on any atom is -0.305 e. The molecule has 2 aromatic rings. The van der Waals surface area contributed by atoms with Gasteiger partial charge in [0.15, 0.2) is 0 Å². The molecular formula is C15H20ClN3. The Morgan fingerprint density at radius 1 is 1.32 bits per heavy atom. The van der Waals surface area contributed by atoms with Gasteiger partial charge in [-0.15, -0.1) is 0 Å². The monoisotopic (exact) mass is 277 g/mol. The van der Waals surface area contributed by atoms with Gasteiger partial charge in [0.2, 0.25) is 0 Å².